The van der Waals surface area contributed by atoms with Gasteiger partial charge >= 0.3 is 0 Å². The highest BCUT2D eigenvalue weighted by molar-refractivity contribution is 5.28. The van der Waals surface area contributed by atoms with Crippen LogP contribution in [-0.4, -0.2) is 37.2 Å². The second-order valence-electron chi connectivity index (χ2n) is 7.18. The molecule has 1 aromatic rings. The SMILES string of the molecule is CCC1CN(Cc2cccc(OC)c2)C(C(C)(C)C)CN1. The van der Waals surface area contributed by atoms with Crippen LogP contribution < -0.4 is 10.1 Å². The maximum atomic E-state index is 5.35. The number of hydrogen-bond donors (Lipinski definition) is 1. The molecule has 0 amide bonds. The Morgan fingerprint density at radius 3 is 2.71 bits per heavy atom. The van der Waals surface area contributed by atoms with Gasteiger partial charge < -0.3 is 10.1 Å². The van der Waals surface area contributed by atoms with Crippen molar-refractivity contribution in [3.8, 4) is 5.75 Å². The summed E-state index contributed by atoms with van der Waals surface area (Å²) in [7, 11) is 1.73. The molecule has 1 heterocycles. The molecule has 2 unspecified atom stereocenters. The Morgan fingerprint density at radius 1 is 1.33 bits per heavy atom. The summed E-state index contributed by atoms with van der Waals surface area (Å²) >= 11 is 0. The van der Waals surface area contributed by atoms with Crippen LogP contribution in [0, 0.1) is 5.41 Å². The maximum absolute atomic E-state index is 5.35. The van der Waals surface area contributed by atoms with Crippen LogP contribution in [0.2, 0.25) is 0 Å². The fourth-order valence-electron chi connectivity index (χ4n) is 3.19. The zero-order chi connectivity index (χ0) is 15.5. The molecule has 1 aromatic carbocycles. The molecule has 1 N–H and O–H groups in total. The Kier molecular flexibility index (Phi) is 5.28. The minimum absolute atomic E-state index is 0.282. The molecule has 0 saturated carbocycles. The van der Waals surface area contributed by atoms with Crippen LogP contribution in [0.1, 0.15) is 39.7 Å². The first-order valence-electron chi connectivity index (χ1n) is 8.04. The predicted octanol–water partition coefficient (Wildman–Crippen LogP) is 3.29. The highest BCUT2D eigenvalue weighted by Crippen LogP contribution is 2.28. The van der Waals surface area contributed by atoms with Crippen molar-refractivity contribution in [2.24, 2.45) is 5.41 Å². The zero-order valence-electron chi connectivity index (χ0n) is 14.1. The van der Waals surface area contributed by atoms with Gasteiger partial charge in [-0.05, 0) is 29.5 Å². The van der Waals surface area contributed by atoms with E-state index in [9.17, 15) is 0 Å². The van der Waals surface area contributed by atoms with Crippen molar-refractivity contribution in [1.29, 1.82) is 0 Å². The molecular formula is C18H30N2O. The Morgan fingerprint density at radius 2 is 2.10 bits per heavy atom. The van der Waals surface area contributed by atoms with Gasteiger partial charge in [0.2, 0.25) is 0 Å². The summed E-state index contributed by atoms with van der Waals surface area (Å²) in [6.45, 7) is 12.5. The number of hydrogen-bond acceptors (Lipinski definition) is 3. The molecule has 0 aromatic heterocycles. The van der Waals surface area contributed by atoms with Crippen molar-refractivity contribution in [3.63, 3.8) is 0 Å². The average molecular weight is 290 g/mol. The molecule has 1 aliphatic heterocycles. The van der Waals surface area contributed by atoms with Gasteiger partial charge in [-0.2, -0.15) is 0 Å². The Labute approximate surface area is 129 Å². The number of ether oxygens (including phenoxy) is 1. The van der Waals surface area contributed by atoms with Crippen LogP contribution in [0.15, 0.2) is 24.3 Å². The van der Waals surface area contributed by atoms with Gasteiger partial charge in [0, 0.05) is 31.7 Å². The monoisotopic (exact) mass is 290 g/mol. The van der Waals surface area contributed by atoms with Crippen molar-refractivity contribution in [1.82, 2.24) is 10.2 Å². The van der Waals surface area contributed by atoms with Gasteiger partial charge in [-0.25, -0.2) is 0 Å². The smallest absolute Gasteiger partial charge is 0.119 e. The van der Waals surface area contributed by atoms with Crippen molar-refractivity contribution >= 4 is 0 Å². The minimum atomic E-state index is 0.282. The normalized spacial score (nSPS) is 24.0. The molecule has 0 bridgehead atoms. The lowest BCUT2D eigenvalue weighted by molar-refractivity contribution is 0.0485. The van der Waals surface area contributed by atoms with Gasteiger partial charge in [-0.3, -0.25) is 4.90 Å². The summed E-state index contributed by atoms with van der Waals surface area (Å²) in [5, 5.41) is 3.70. The van der Waals surface area contributed by atoms with Crippen LogP contribution in [-0.2, 0) is 6.54 Å². The predicted molar refractivity (Wildman–Crippen MR) is 88.7 cm³/mol. The van der Waals surface area contributed by atoms with Crippen LogP contribution in [0.3, 0.4) is 0 Å². The van der Waals surface area contributed by atoms with Gasteiger partial charge in [0.25, 0.3) is 0 Å². The van der Waals surface area contributed by atoms with Gasteiger partial charge in [-0.1, -0.05) is 39.8 Å². The molecule has 3 nitrogen and oxygen atoms in total. The van der Waals surface area contributed by atoms with E-state index in [0.717, 1.165) is 25.4 Å². The number of methoxy groups -OCH3 is 1. The standard InChI is InChI=1S/C18H30N2O/c1-6-15-13-20(17(11-19-15)18(2,3)4)12-14-8-7-9-16(10-14)21-5/h7-10,15,17,19H,6,11-13H2,1-5H3. The molecule has 0 radical (unpaired) electrons. The first kappa shape index (κ1) is 16.3. The van der Waals surface area contributed by atoms with E-state index in [0.29, 0.717) is 12.1 Å². The highest BCUT2D eigenvalue weighted by atomic mass is 16.5. The summed E-state index contributed by atoms with van der Waals surface area (Å²) in [4.78, 5) is 2.64. The van der Waals surface area contributed by atoms with Gasteiger partial charge in [-0.15, -0.1) is 0 Å². The molecule has 0 spiro atoms. The quantitative estimate of drug-likeness (QED) is 0.921. The van der Waals surface area contributed by atoms with E-state index in [4.69, 9.17) is 4.74 Å². The molecule has 2 rings (SSSR count). The zero-order valence-corrected chi connectivity index (χ0v) is 14.1. The second kappa shape index (κ2) is 6.80. The highest BCUT2D eigenvalue weighted by Gasteiger charge is 2.34. The van der Waals surface area contributed by atoms with E-state index in [2.05, 4.69) is 56.1 Å². The third-order valence-electron chi connectivity index (χ3n) is 4.51. The van der Waals surface area contributed by atoms with Crippen molar-refractivity contribution in [3.05, 3.63) is 29.8 Å². The lowest BCUT2D eigenvalue weighted by Gasteiger charge is -2.46. The maximum Gasteiger partial charge on any atom is 0.119 e. The largest absolute Gasteiger partial charge is 0.497 e. The Balaban J connectivity index is 2.15. The average Bonchev–Trinajstić information content (AvgIpc) is 2.46. The van der Waals surface area contributed by atoms with Crippen molar-refractivity contribution in [2.75, 3.05) is 20.2 Å². The second-order valence-corrected chi connectivity index (χ2v) is 7.18. The van der Waals surface area contributed by atoms with Crippen molar-refractivity contribution in [2.45, 2.75) is 52.7 Å². The summed E-state index contributed by atoms with van der Waals surface area (Å²) < 4.78 is 5.35. The topological polar surface area (TPSA) is 24.5 Å². The Hall–Kier alpha value is -1.06. The lowest BCUT2D eigenvalue weighted by Crippen LogP contribution is -2.59. The van der Waals surface area contributed by atoms with Crippen LogP contribution in [0.4, 0.5) is 0 Å². The molecule has 1 fully saturated rings. The molecule has 3 heteroatoms. The Bertz CT molecular complexity index is 453. The fraction of sp³-hybridized carbons (Fsp3) is 0.667. The first-order chi connectivity index (χ1) is 9.94. The fourth-order valence-corrected chi connectivity index (χ4v) is 3.19. The van der Waals surface area contributed by atoms with E-state index >= 15 is 0 Å². The minimum Gasteiger partial charge on any atom is -0.497 e. The van der Waals surface area contributed by atoms with E-state index < -0.39 is 0 Å². The summed E-state index contributed by atoms with van der Waals surface area (Å²) in [5.41, 5.74) is 1.62. The number of nitrogens with zero attached hydrogens (tertiary/aromatic N) is 1. The van der Waals surface area contributed by atoms with Gasteiger partial charge in [0.15, 0.2) is 0 Å². The van der Waals surface area contributed by atoms with Gasteiger partial charge in [0.05, 0.1) is 7.11 Å². The first-order valence-corrected chi connectivity index (χ1v) is 8.04. The number of benzene rings is 1. The van der Waals surface area contributed by atoms with Crippen LogP contribution in [0.5, 0.6) is 5.75 Å². The summed E-state index contributed by atoms with van der Waals surface area (Å²) in [6.07, 6.45) is 1.19. The molecule has 118 valence electrons. The number of rotatable bonds is 4. The molecular weight excluding hydrogens is 260 g/mol. The number of nitrogens with one attached hydrogen (secondary N) is 1. The molecule has 1 aliphatic rings. The summed E-state index contributed by atoms with van der Waals surface area (Å²) in [6, 6.07) is 9.62. The van der Waals surface area contributed by atoms with Crippen LogP contribution in [0.25, 0.3) is 0 Å². The van der Waals surface area contributed by atoms with E-state index in [1.807, 2.05) is 6.07 Å². The molecule has 1 saturated heterocycles. The molecule has 0 aliphatic carbocycles. The lowest BCUT2D eigenvalue weighted by atomic mass is 9.83. The summed E-state index contributed by atoms with van der Waals surface area (Å²) in [5.74, 6) is 0.946. The van der Waals surface area contributed by atoms with E-state index in [1.54, 1.807) is 7.11 Å². The van der Waals surface area contributed by atoms with E-state index in [1.165, 1.54) is 12.0 Å². The van der Waals surface area contributed by atoms with Gasteiger partial charge in [0.1, 0.15) is 5.75 Å². The third kappa shape index (κ3) is 4.21. The third-order valence-corrected chi connectivity index (χ3v) is 4.51. The molecule has 21 heavy (non-hydrogen) atoms. The number of piperazine rings is 1. The van der Waals surface area contributed by atoms with Crippen LogP contribution >= 0.6 is 0 Å². The van der Waals surface area contributed by atoms with E-state index in [-0.39, 0.29) is 5.41 Å². The molecule has 2 atom stereocenters. The van der Waals surface area contributed by atoms with Crippen molar-refractivity contribution < 1.29 is 4.74 Å².